The Bertz CT molecular complexity index is 914. The number of carbonyl (C=O) groups is 2. The molecule has 8 heteroatoms. The number of amidine groups is 1. The molecule has 1 aliphatic carbocycles. The molecule has 2 N–H and O–H groups in total. The molecule has 1 saturated carbocycles. The molecule has 0 bridgehead atoms. The second kappa shape index (κ2) is 12.1. The lowest BCUT2D eigenvalue weighted by Gasteiger charge is -2.50. The number of carbonyl (C=O) groups excluding carboxylic acids is 2. The normalized spacial score (nSPS) is 26.5. The Kier molecular flexibility index (Phi) is 8.41. The molecule has 8 nitrogen and oxygen atoms in total. The minimum atomic E-state index is -0.260. The molecule has 3 heterocycles. The zero-order chi connectivity index (χ0) is 24.7. The van der Waals surface area contributed by atoms with Crippen LogP contribution in [0.4, 0.5) is 0 Å². The van der Waals surface area contributed by atoms with Gasteiger partial charge in [-0.25, -0.2) is 0 Å². The molecule has 3 atom stereocenters. The molecule has 3 unspecified atom stereocenters. The Hall–Kier alpha value is -2.61. The summed E-state index contributed by atoms with van der Waals surface area (Å²) in [6, 6.07) is 10.3. The summed E-state index contributed by atoms with van der Waals surface area (Å²) in [5, 5.41) is 7.76. The number of rotatable bonds is 9. The molecule has 1 aromatic carbocycles. The van der Waals surface area contributed by atoms with Crippen molar-refractivity contribution in [3.63, 3.8) is 0 Å². The molecule has 2 amide bonds. The third-order valence-electron chi connectivity index (χ3n) is 8.30. The molecule has 3 aliphatic heterocycles. The third kappa shape index (κ3) is 5.85. The molecule has 1 aromatic rings. The van der Waals surface area contributed by atoms with Gasteiger partial charge in [0.15, 0.2) is 6.29 Å². The fourth-order valence-corrected chi connectivity index (χ4v) is 6.39. The Balaban J connectivity index is 1.14. The van der Waals surface area contributed by atoms with E-state index in [1.165, 1.54) is 38.8 Å². The van der Waals surface area contributed by atoms with Crippen LogP contribution in [-0.2, 0) is 16.1 Å². The van der Waals surface area contributed by atoms with E-state index in [4.69, 9.17) is 0 Å². The molecule has 2 saturated heterocycles. The Labute approximate surface area is 215 Å². The highest BCUT2D eigenvalue weighted by Gasteiger charge is 2.50. The number of amides is 2. The van der Waals surface area contributed by atoms with Gasteiger partial charge in [-0.1, -0.05) is 56.0 Å². The molecule has 0 aromatic heterocycles. The summed E-state index contributed by atoms with van der Waals surface area (Å²) in [4.78, 5) is 32.9. The maximum absolute atomic E-state index is 13.5. The number of nitrogens with zero attached hydrogens (tertiary/aromatic N) is 4. The molecule has 36 heavy (non-hydrogen) atoms. The van der Waals surface area contributed by atoms with Crippen molar-refractivity contribution in [3.8, 4) is 0 Å². The number of hydrogen-bond donors (Lipinski definition) is 2. The summed E-state index contributed by atoms with van der Waals surface area (Å²) in [6.45, 7) is 4.77. The smallest absolute Gasteiger partial charge is 0.231 e. The van der Waals surface area contributed by atoms with Crippen LogP contribution in [0.5, 0.6) is 0 Å². The van der Waals surface area contributed by atoms with Crippen molar-refractivity contribution < 1.29 is 9.59 Å². The van der Waals surface area contributed by atoms with Crippen LogP contribution < -0.4 is 10.7 Å². The zero-order valence-corrected chi connectivity index (χ0v) is 21.5. The van der Waals surface area contributed by atoms with Crippen molar-refractivity contribution in [2.75, 3.05) is 26.2 Å². The maximum Gasteiger partial charge on any atom is 0.231 e. The van der Waals surface area contributed by atoms with Crippen LogP contribution in [-0.4, -0.2) is 70.9 Å². The van der Waals surface area contributed by atoms with Crippen LogP contribution >= 0.6 is 0 Å². The van der Waals surface area contributed by atoms with Gasteiger partial charge in [-0.2, -0.15) is 5.10 Å². The summed E-state index contributed by atoms with van der Waals surface area (Å²) >= 11 is 0. The van der Waals surface area contributed by atoms with E-state index >= 15 is 0 Å². The van der Waals surface area contributed by atoms with E-state index in [9.17, 15) is 9.59 Å². The summed E-state index contributed by atoms with van der Waals surface area (Å²) in [5.41, 5.74) is 4.36. The number of hydrogen-bond acceptors (Lipinski definition) is 6. The molecule has 5 rings (SSSR count). The summed E-state index contributed by atoms with van der Waals surface area (Å²) in [5.74, 6) is 1.25. The van der Waals surface area contributed by atoms with E-state index in [1.807, 2.05) is 23.1 Å². The van der Waals surface area contributed by atoms with Crippen molar-refractivity contribution in [3.05, 3.63) is 35.9 Å². The van der Waals surface area contributed by atoms with Crippen LogP contribution in [0, 0.1) is 5.92 Å². The van der Waals surface area contributed by atoms with Crippen molar-refractivity contribution in [1.29, 1.82) is 0 Å². The largest absolute Gasteiger partial charge is 0.356 e. The second-order valence-electron chi connectivity index (χ2n) is 10.8. The highest BCUT2D eigenvalue weighted by atomic mass is 16.2. The van der Waals surface area contributed by atoms with E-state index in [1.54, 1.807) is 0 Å². The molecule has 4 aliphatic rings. The van der Waals surface area contributed by atoms with Crippen LogP contribution in [0.3, 0.4) is 0 Å². The average molecular weight is 495 g/mol. The van der Waals surface area contributed by atoms with Crippen molar-refractivity contribution >= 4 is 17.6 Å². The number of nitrogens with one attached hydrogen (secondary N) is 2. The summed E-state index contributed by atoms with van der Waals surface area (Å²) in [7, 11) is 0. The van der Waals surface area contributed by atoms with Crippen LogP contribution in [0.25, 0.3) is 0 Å². The van der Waals surface area contributed by atoms with Gasteiger partial charge in [0.2, 0.25) is 11.8 Å². The van der Waals surface area contributed by atoms with E-state index < -0.39 is 0 Å². The quantitative estimate of drug-likeness (QED) is 0.515. The van der Waals surface area contributed by atoms with Gasteiger partial charge in [-0.3, -0.25) is 19.9 Å². The van der Waals surface area contributed by atoms with Crippen LogP contribution in [0.2, 0.25) is 0 Å². The van der Waals surface area contributed by atoms with Gasteiger partial charge in [-0.05, 0) is 57.3 Å². The summed E-state index contributed by atoms with van der Waals surface area (Å²) in [6.07, 6.45) is 11.3. The molecular weight excluding hydrogens is 452 g/mol. The maximum atomic E-state index is 13.5. The lowest BCUT2D eigenvalue weighted by atomic mass is 9.80. The number of benzene rings is 1. The average Bonchev–Trinajstić information content (AvgIpc) is 3.16. The zero-order valence-electron chi connectivity index (χ0n) is 21.5. The predicted molar refractivity (Wildman–Crippen MR) is 141 cm³/mol. The third-order valence-corrected chi connectivity index (χ3v) is 8.30. The number of hydrazone groups is 1. The SMILES string of the molecule is O=C(CCC1=NNC2N(Cc3ccccc3)C(=O)C3CCCCC3N12)NCCCN1CCCCCC1. The first-order chi connectivity index (χ1) is 17.7. The van der Waals surface area contributed by atoms with E-state index in [-0.39, 0.29) is 30.1 Å². The van der Waals surface area contributed by atoms with E-state index in [2.05, 4.69) is 37.8 Å². The minimum absolute atomic E-state index is 0.0108. The molecule has 3 fully saturated rings. The van der Waals surface area contributed by atoms with Gasteiger partial charge >= 0.3 is 0 Å². The van der Waals surface area contributed by atoms with E-state index in [0.29, 0.717) is 19.4 Å². The highest BCUT2D eigenvalue weighted by Crippen LogP contribution is 2.38. The fourth-order valence-electron chi connectivity index (χ4n) is 6.39. The predicted octanol–water partition coefficient (Wildman–Crippen LogP) is 3.25. The topological polar surface area (TPSA) is 80.3 Å². The molecule has 196 valence electrons. The van der Waals surface area contributed by atoms with Gasteiger partial charge in [0.05, 0.1) is 5.92 Å². The van der Waals surface area contributed by atoms with Gasteiger partial charge in [-0.15, -0.1) is 0 Å². The standard InChI is InChI=1S/C28H42N6O2/c35-26(29-17-10-20-32-18-8-1-2-9-19-32)16-15-25-30-31-28-33(21-22-11-4-3-5-12-22)27(36)23-13-6-7-14-24(23)34(25)28/h3-5,11-12,23-24,28,31H,1-2,6-10,13-21H2,(H,29,35). The summed E-state index contributed by atoms with van der Waals surface area (Å²) < 4.78 is 0. The molecule has 0 spiro atoms. The van der Waals surface area contributed by atoms with Gasteiger partial charge < -0.3 is 15.1 Å². The first kappa shape index (κ1) is 25.1. The van der Waals surface area contributed by atoms with Gasteiger partial charge in [0.25, 0.3) is 0 Å². The van der Waals surface area contributed by atoms with E-state index in [0.717, 1.165) is 56.6 Å². The Morgan fingerprint density at radius 3 is 2.61 bits per heavy atom. The van der Waals surface area contributed by atoms with Crippen molar-refractivity contribution in [1.82, 2.24) is 25.4 Å². The fraction of sp³-hybridized carbons (Fsp3) is 0.679. The highest BCUT2D eigenvalue weighted by molar-refractivity contribution is 5.91. The number of fused-ring (bicyclic) bond motifs is 3. The van der Waals surface area contributed by atoms with Crippen LogP contribution in [0.1, 0.15) is 76.2 Å². The number of likely N-dealkylation sites (tertiary alicyclic amines) is 1. The second-order valence-corrected chi connectivity index (χ2v) is 10.8. The van der Waals surface area contributed by atoms with Crippen LogP contribution in [0.15, 0.2) is 35.4 Å². The molecule has 0 radical (unpaired) electrons. The first-order valence-electron chi connectivity index (χ1n) is 14.1. The lowest BCUT2D eigenvalue weighted by molar-refractivity contribution is -0.156. The monoisotopic (exact) mass is 494 g/mol. The Morgan fingerprint density at radius 1 is 1.03 bits per heavy atom. The van der Waals surface area contributed by atoms with Gasteiger partial charge in [0, 0.05) is 32.0 Å². The van der Waals surface area contributed by atoms with Crippen molar-refractivity contribution in [2.24, 2.45) is 11.0 Å². The molecular formula is C28H42N6O2. The lowest BCUT2D eigenvalue weighted by Crippen LogP contribution is -2.67. The first-order valence-corrected chi connectivity index (χ1v) is 14.1. The van der Waals surface area contributed by atoms with Crippen molar-refractivity contribution in [2.45, 2.75) is 89.5 Å². The minimum Gasteiger partial charge on any atom is -0.356 e. The Morgan fingerprint density at radius 2 is 1.81 bits per heavy atom. The van der Waals surface area contributed by atoms with Gasteiger partial charge in [0.1, 0.15) is 5.84 Å².